The third-order valence-corrected chi connectivity index (χ3v) is 5.85. The number of hydrogen-bond donors (Lipinski definition) is 1. The molecule has 6 nitrogen and oxygen atoms in total. The zero-order valence-electron chi connectivity index (χ0n) is 17.2. The number of amides is 1. The Morgan fingerprint density at radius 2 is 2.07 bits per heavy atom. The highest BCUT2D eigenvalue weighted by Crippen LogP contribution is 2.38. The average Bonchev–Trinajstić information content (AvgIpc) is 2.75. The van der Waals surface area contributed by atoms with Gasteiger partial charge in [0, 0.05) is 26.0 Å². The number of benzene rings is 1. The predicted molar refractivity (Wildman–Crippen MR) is 113 cm³/mol. The fourth-order valence-electron chi connectivity index (χ4n) is 4.26. The van der Waals surface area contributed by atoms with E-state index in [-0.39, 0.29) is 11.9 Å². The van der Waals surface area contributed by atoms with Crippen LogP contribution < -0.4 is 15.0 Å². The quantitative estimate of drug-likeness (QED) is 0.833. The number of hydrogen-bond acceptors (Lipinski definition) is 5. The summed E-state index contributed by atoms with van der Waals surface area (Å²) in [6.07, 6.45) is 6.04. The Balaban J connectivity index is 1.50. The van der Waals surface area contributed by atoms with Gasteiger partial charge >= 0.3 is 0 Å². The number of ether oxygens (including phenoxy) is 2. The summed E-state index contributed by atoms with van der Waals surface area (Å²) in [5.74, 6) is 2.06. The molecular weight excluding hydrogens is 366 g/mol. The minimum Gasteiger partial charge on any atom is -0.489 e. The first-order valence-corrected chi connectivity index (χ1v) is 10.4. The molecule has 1 aliphatic carbocycles. The number of nitrogens with zero attached hydrogens (tertiary/aromatic N) is 2. The molecule has 0 unspecified atom stereocenters. The summed E-state index contributed by atoms with van der Waals surface area (Å²) in [5, 5.41) is 3.22. The molecule has 2 aliphatic rings. The Bertz CT molecular complexity index is 845. The average molecular weight is 396 g/mol. The number of pyridine rings is 1. The largest absolute Gasteiger partial charge is 0.489 e. The summed E-state index contributed by atoms with van der Waals surface area (Å²) in [4.78, 5) is 19.7. The zero-order chi connectivity index (χ0) is 20.2. The van der Waals surface area contributed by atoms with Crippen LogP contribution in [0.5, 0.6) is 5.75 Å². The lowest BCUT2D eigenvalue weighted by atomic mass is 9.86. The molecule has 0 atom stereocenters. The molecule has 2 heterocycles. The summed E-state index contributed by atoms with van der Waals surface area (Å²) >= 11 is 0. The van der Waals surface area contributed by atoms with Gasteiger partial charge in [0.15, 0.2) is 5.75 Å². The Hall–Kier alpha value is -2.60. The number of carbonyl (C=O) groups excluding carboxylic acids is 1. The third kappa shape index (κ3) is 4.37. The number of rotatable bonds is 5. The predicted octanol–water partition coefficient (Wildman–Crippen LogP) is 3.86. The maximum atomic E-state index is 13.0. The molecule has 4 rings (SSSR count). The van der Waals surface area contributed by atoms with Crippen molar-refractivity contribution < 1.29 is 14.3 Å². The molecule has 1 amide bonds. The second-order valence-corrected chi connectivity index (χ2v) is 7.99. The maximum absolute atomic E-state index is 13.0. The Morgan fingerprint density at radius 1 is 1.24 bits per heavy atom. The molecule has 29 heavy (non-hydrogen) atoms. The summed E-state index contributed by atoms with van der Waals surface area (Å²) < 4.78 is 11.2. The number of methoxy groups -OCH3 is 1. The van der Waals surface area contributed by atoms with Crippen LogP contribution in [0.3, 0.4) is 0 Å². The molecule has 0 bridgehead atoms. The topological polar surface area (TPSA) is 63.7 Å². The molecule has 1 aromatic heterocycles. The molecular formula is C23H29N3O3. The second kappa shape index (κ2) is 8.82. The molecule has 1 aliphatic heterocycles. The third-order valence-electron chi connectivity index (χ3n) is 5.85. The standard InChI is InChI=1S/C23H29N3O3/c1-16-6-11-21(24-14-16)26-12-13-29-22-19(4-3-5-20(22)26)23(27)25-18-9-7-17(8-10-18)15-28-2/h3-6,11,14,17-18H,7-10,12-13,15H2,1-2H3,(H,25,27). The molecule has 0 radical (unpaired) electrons. The van der Waals surface area contributed by atoms with Crippen molar-refractivity contribution in [1.29, 1.82) is 0 Å². The van der Waals surface area contributed by atoms with E-state index in [1.807, 2.05) is 43.5 Å². The van der Waals surface area contributed by atoms with E-state index in [1.54, 1.807) is 7.11 Å². The van der Waals surface area contributed by atoms with Gasteiger partial charge in [-0.05, 0) is 62.3 Å². The van der Waals surface area contributed by atoms with E-state index >= 15 is 0 Å². The number of carbonyl (C=O) groups is 1. The zero-order valence-corrected chi connectivity index (χ0v) is 17.2. The van der Waals surface area contributed by atoms with Crippen molar-refractivity contribution in [1.82, 2.24) is 10.3 Å². The number of aryl methyl sites for hydroxylation is 1. The smallest absolute Gasteiger partial charge is 0.255 e. The van der Waals surface area contributed by atoms with Crippen LogP contribution in [0, 0.1) is 12.8 Å². The SMILES string of the molecule is COCC1CCC(NC(=O)c2cccc3c2OCCN3c2ccc(C)cn2)CC1. The monoisotopic (exact) mass is 395 g/mol. The van der Waals surface area contributed by atoms with E-state index < -0.39 is 0 Å². The van der Waals surface area contributed by atoms with Gasteiger partial charge in [-0.15, -0.1) is 0 Å². The minimum absolute atomic E-state index is 0.0595. The molecule has 2 aromatic rings. The Labute approximate surface area is 172 Å². The van der Waals surface area contributed by atoms with Crippen molar-refractivity contribution in [3.63, 3.8) is 0 Å². The van der Waals surface area contributed by atoms with Gasteiger partial charge in [-0.2, -0.15) is 0 Å². The Morgan fingerprint density at radius 3 is 2.79 bits per heavy atom. The number of nitrogens with one attached hydrogen (secondary N) is 1. The van der Waals surface area contributed by atoms with Gasteiger partial charge in [-0.3, -0.25) is 4.79 Å². The summed E-state index contributed by atoms with van der Waals surface area (Å²) in [5.41, 5.74) is 2.61. The fraction of sp³-hybridized carbons (Fsp3) is 0.478. The molecule has 1 fully saturated rings. The van der Waals surface area contributed by atoms with Crippen molar-refractivity contribution in [2.75, 3.05) is 31.8 Å². The van der Waals surface area contributed by atoms with E-state index in [4.69, 9.17) is 9.47 Å². The fourth-order valence-corrected chi connectivity index (χ4v) is 4.26. The highest BCUT2D eigenvalue weighted by atomic mass is 16.5. The van der Waals surface area contributed by atoms with Crippen LogP contribution in [-0.4, -0.2) is 43.8 Å². The molecule has 1 saturated carbocycles. The number of para-hydroxylation sites is 1. The molecule has 6 heteroatoms. The van der Waals surface area contributed by atoms with E-state index in [1.165, 1.54) is 0 Å². The molecule has 1 N–H and O–H groups in total. The van der Waals surface area contributed by atoms with Crippen LogP contribution in [0.15, 0.2) is 36.5 Å². The molecule has 1 aromatic carbocycles. The van der Waals surface area contributed by atoms with Crippen LogP contribution in [0.4, 0.5) is 11.5 Å². The molecule has 0 spiro atoms. The van der Waals surface area contributed by atoms with Crippen molar-refractivity contribution in [3.8, 4) is 5.75 Å². The number of fused-ring (bicyclic) bond motifs is 1. The lowest BCUT2D eigenvalue weighted by Gasteiger charge is -2.32. The number of aromatic nitrogens is 1. The molecule has 0 saturated heterocycles. The van der Waals surface area contributed by atoms with E-state index in [0.717, 1.165) is 49.4 Å². The van der Waals surface area contributed by atoms with Gasteiger partial charge in [0.1, 0.15) is 12.4 Å². The van der Waals surface area contributed by atoms with E-state index in [0.29, 0.717) is 30.4 Å². The van der Waals surface area contributed by atoms with Crippen molar-refractivity contribution in [2.45, 2.75) is 38.6 Å². The maximum Gasteiger partial charge on any atom is 0.255 e. The summed E-state index contributed by atoms with van der Waals surface area (Å²) in [7, 11) is 1.75. The highest BCUT2D eigenvalue weighted by molar-refractivity contribution is 5.99. The van der Waals surface area contributed by atoms with E-state index in [2.05, 4.69) is 15.2 Å². The summed E-state index contributed by atoms with van der Waals surface area (Å²) in [6, 6.07) is 10.0. The number of anilines is 2. The van der Waals surface area contributed by atoms with Crippen LogP contribution in [0.2, 0.25) is 0 Å². The first kappa shape index (κ1) is 19.7. The molecule has 154 valence electrons. The van der Waals surface area contributed by atoms with Gasteiger partial charge in [-0.1, -0.05) is 12.1 Å². The van der Waals surface area contributed by atoms with E-state index in [9.17, 15) is 4.79 Å². The van der Waals surface area contributed by atoms with Crippen LogP contribution in [0.1, 0.15) is 41.6 Å². The van der Waals surface area contributed by atoms with Gasteiger partial charge in [0.2, 0.25) is 0 Å². The lowest BCUT2D eigenvalue weighted by molar-refractivity contribution is 0.0894. The van der Waals surface area contributed by atoms with Crippen LogP contribution in [0.25, 0.3) is 0 Å². The summed E-state index contributed by atoms with van der Waals surface area (Å²) in [6.45, 7) is 4.06. The first-order chi connectivity index (χ1) is 14.2. The van der Waals surface area contributed by atoms with Gasteiger partial charge < -0.3 is 19.7 Å². The van der Waals surface area contributed by atoms with Crippen LogP contribution in [-0.2, 0) is 4.74 Å². The van der Waals surface area contributed by atoms with Gasteiger partial charge in [-0.25, -0.2) is 4.98 Å². The van der Waals surface area contributed by atoms with Gasteiger partial charge in [0.05, 0.1) is 17.8 Å². The van der Waals surface area contributed by atoms with Crippen molar-refractivity contribution >= 4 is 17.4 Å². The normalized spacial score (nSPS) is 21.2. The Kier molecular flexibility index (Phi) is 6.00. The first-order valence-electron chi connectivity index (χ1n) is 10.4. The lowest BCUT2D eigenvalue weighted by Crippen LogP contribution is -2.39. The van der Waals surface area contributed by atoms with Crippen LogP contribution >= 0.6 is 0 Å². The van der Waals surface area contributed by atoms with Crippen molar-refractivity contribution in [2.24, 2.45) is 5.92 Å². The van der Waals surface area contributed by atoms with Gasteiger partial charge in [0.25, 0.3) is 5.91 Å². The second-order valence-electron chi connectivity index (χ2n) is 7.99. The van der Waals surface area contributed by atoms with Crippen molar-refractivity contribution in [3.05, 3.63) is 47.7 Å². The minimum atomic E-state index is -0.0595. The highest BCUT2D eigenvalue weighted by Gasteiger charge is 2.28.